The number of aliphatic carboxylic acids is 1. The molecule has 0 saturated heterocycles. The van der Waals surface area contributed by atoms with Gasteiger partial charge in [-0.25, -0.2) is 4.79 Å². The van der Waals surface area contributed by atoms with Crippen molar-refractivity contribution in [2.75, 3.05) is 12.0 Å². The summed E-state index contributed by atoms with van der Waals surface area (Å²) in [7, 11) is 0. The highest BCUT2D eigenvalue weighted by molar-refractivity contribution is 7.98. The molecule has 45 heavy (non-hydrogen) atoms. The summed E-state index contributed by atoms with van der Waals surface area (Å²) in [6.45, 7) is 7.35. The van der Waals surface area contributed by atoms with E-state index < -0.39 is 12.0 Å². The normalized spacial score (nSPS) is 16.5. The van der Waals surface area contributed by atoms with Gasteiger partial charge in [-0.1, -0.05) is 81.5 Å². The monoisotopic (exact) mass is 634 g/mol. The third kappa shape index (κ3) is 11.3. The van der Waals surface area contributed by atoms with Crippen molar-refractivity contribution in [3.8, 4) is 11.1 Å². The van der Waals surface area contributed by atoms with E-state index in [0.29, 0.717) is 29.8 Å². The number of benzene rings is 2. The maximum absolute atomic E-state index is 13.6. The van der Waals surface area contributed by atoms with Crippen LogP contribution in [0.3, 0.4) is 0 Å². The van der Waals surface area contributed by atoms with Gasteiger partial charge in [-0.3, -0.25) is 9.69 Å². The number of amides is 1. The van der Waals surface area contributed by atoms with Crippen molar-refractivity contribution in [3.63, 3.8) is 0 Å². The average molecular weight is 635 g/mol. The van der Waals surface area contributed by atoms with Gasteiger partial charge in [0.25, 0.3) is 5.91 Å². The van der Waals surface area contributed by atoms with Gasteiger partial charge in [0.15, 0.2) is 0 Å². The molecular formula is C39H58N2O3S. The zero-order chi connectivity index (χ0) is 31.5. The summed E-state index contributed by atoms with van der Waals surface area (Å²) >= 11 is 1.59. The van der Waals surface area contributed by atoms with Crippen LogP contribution in [-0.2, 0) is 11.3 Å². The number of nitrogens with one attached hydrogen (secondary N) is 1. The SMILES string of the molecule is C.CSCC[C@H](NC(=O)c1ccc(CN(C2CC2)[C@@H](CCCC=C(C)C)CC2CCCCC2)cc1-c1ccccc1C)C(=O)O. The third-order valence-corrected chi connectivity index (χ3v) is 10.1. The Morgan fingerprint density at radius 2 is 1.76 bits per heavy atom. The predicted molar refractivity (Wildman–Crippen MR) is 192 cm³/mol. The van der Waals surface area contributed by atoms with Crippen LogP contribution >= 0.6 is 11.8 Å². The average Bonchev–Trinajstić information content (AvgIpc) is 3.85. The van der Waals surface area contributed by atoms with Gasteiger partial charge in [-0.15, -0.1) is 0 Å². The van der Waals surface area contributed by atoms with E-state index >= 15 is 0 Å². The number of carboxylic acids is 1. The first-order valence-electron chi connectivity index (χ1n) is 16.9. The molecule has 0 unspecified atom stereocenters. The smallest absolute Gasteiger partial charge is 0.326 e. The Labute approximate surface area is 277 Å². The lowest BCUT2D eigenvalue weighted by Gasteiger charge is -2.36. The summed E-state index contributed by atoms with van der Waals surface area (Å²) in [5, 5.41) is 12.6. The molecule has 2 aromatic rings. The molecule has 5 nitrogen and oxygen atoms in total. The number of rotatable bonds is 17. The van der Waals surface area contributed by atoms with E-state index in [1.54, 1.807) is 11.8 Å². The second-order valence-electron chi connectivity index (χ2n) is 13.4. The number of carbonyl (C=O) groups excluding carboxylic acids is 1. The molecule has 0 spiro atoms. The molecule has 1 amide bonds. The Balaban J connectivity index is 0.00000552. The number of carbonyl (C=O) groups is 2. The number of hydrogen-bond donors (Lipinski definition) is 2. The molecule has 2 aromatic carbocycles. The van der Waals surface area contributed by atoms with Crippen molar-refractivity contribution in [2.45, 2.75) is 130 Å². The van der Waals surface area contributed by atoms with Crippen LogP contribution < -0.4 is 5.32 Å². The highest BCUT2D eigenvalue weighted by Crippen LogP contribution is 2.37. The lowest BCUT2D eigenvalue weighted by Crippen LogP contribution is -2.41. The van der Waals surface area contributed by atoms with Gasteiger partial charge >= 0.3 is 5.97 Å². The molecule has 2 aliphatic rings. The van der Waals surface area contributed by atoms with Gasteiger partial charge in [0.2, 0.25) is 0 Å². The first-order chi connectivity index (χ1) is 21.3. The Hall–Kier alpha value is -2.57. The number of hydrogen-bond acceptors (Lipinski definition) is 4. The van der Waals surface area contributed by atoms with Crippen molar-refractivity contribution in [3.05, 3.63) is 70.8 Å². The topological polar surface area (TPSA) is 69.6 Å². The second-order valence-corrected chi connectivity index (χ2v) is 14.3. The zero-order valence-corrected chi connectivity index (χ0v) is 28.3. The molecule has 0 radical (unpaired) electrons. The van der Waals surface area contributed by atoms with Crippen LogP contribution in [0.4, 0.5) is 0 Å². The van der Waals surface area contributed by atoms with Crippen molar-refractivity contribution in [1.82, 2.24) is 10.2 Å². The Kier molecular flexibility index (Phi) is 15.2. The standard InChI is InChI=1S/C38H54N2O3S.CH4/c1-27(2)12-8-10-16-32(24-29-14-6-5-7-15-29)40(31-19-20-31)26-30-18-21-34(35(25-30)33-17-11-9-13-28(33)3)37(41)39-36(38(42)43)22-23-44-4;/h9,11-13,17-18,21,25,29,31-32,36H,5-8,10,14-16,19-20,22-24,26H2,1-4H3,(H,39,41)(H,42,43);1H4/t32-,36-;/m0./s1. The van der Waals surface area contributed by atoms with Gasteiger partial charge in [0.1, 0.15) is 6.04 Å². The Morgan fingerprint density at radius 1 is 1.02 bits per heavy atom. The van der Waals surface area contributed by atoms with Crippen LogP contribution in [0.25, 0.3) is 11.1 Å². The zero-order valence-electron chi connectivity index (χ0n) is 27.4. The molecule has 2 fully saturated rings. The lowest BCUT2D eigenvalue weighted by molar-refractivity contribution is -0.139. The summed E-state index contributed by atoms with van der Waals surface area (Å²) in [4.78, 5) is 28.3. The van der Waals surface area contributed by atoms with Gasteiger partial charge in [0.05, 0.1) is 0 Å². The Morgan fingerprint density at radius 3 is 2.40 bits per heavy atom. The number of unbranched alkanes of at least 4 members (excludes halogenated alkanes) is 1. The molecule has 0 aliphatic heterocycles. The largest absolute Gasteiger partial charge is 0.480 e. The van der Waals surface area contributed by atoms with E-state index in [-0.39, 0.29) is 13.3 Å². The van der Waals surface area contributed by atoms with Crippen LogP contribution in [0.2, 0.25) is 0 Å². The molecular weight excluding hydrogens is 577 g/mol. The third-order valence-electron chi connectivity index (χ3n) is 9.45. The van der Waals surface area contributed by atoms with E-state index in [1.807, 2.05) is 24.5 Å². The fourth-order valence-electron chi connectivity index (χ4n) is 6.86. The number of carboxylic acid groups (broad SMARTS) is 1. The van der Waals surface area contributed by atoms with Gasteiger partial charge in [-0.05, 0) is 118 Å². The van der Waals surface area contributed by atoms with E-state index in [4.69, 9.17) is 0 Å². The maximum atomic E-state index is 13.6. The van der Waals surface area contributed by atoms with E-state index in [2.05, 4.69) is 61.3 Å². The van der Waals surface area contributed by atoms with E-state index in [9.17, 15) is 14.7 Å². The van der Waals surface area contributed by atoms with E-state index in [0.717, 1.165) is 35.6 Å². The predicted octanol–water partition coefficient (Wildman–Crippen LogP) is 9.67. The van der Waals surface area contributed by atoms with Crippen LogP contribution in [-0.4, -0.2) is 52.0 Å². The van der Waals surface area contributed by atoms with Crippen LogP contribution in [0.15, 0.2) is 54.1 Å². The second kappa shape index (κ2) is 18.5. The summed E-state index contributed by atoms with van der Waals surface area (Å²) in [5.41, 5.74) is 6.17. The fraction of sp³-hybridized carbons (Fsp3) is 0.590. The Bertz CT molecular complexity index is 1260. The van der Waals surface area contributed by atoms with Crippen molar-refractivity contribution in [1.29, 1.82) is 0 Å². The molecule has 2 atom stereocenters. The van der Waals surface area contributed by atoms with Gasteiger partial charge in [0, 0.05) is 24.2 Å². The lowest BCUT2D eigenvalue weighted by atomic mass is 9.83. The molecule has 6 heteroatoms. The van der Waals surface area contributed by atoms with Crippen molar-refractivity contribution in [2.24, 2.45) is 5.92 Å². The molecule has 0 aromatic heterocycles. The van der Waals surface area contributed by atoms with Crippen molar-refractivity contribution < 1.29 is 14.7 Å². The number of nitrogens with zero attached hydrogens (tertiary/aromatic N) is 1. The maximum Gasteiger partial charge on any atom is 0.326 e. The summed E-state index contributed by atoms with van der Waals surface area (Å²) in [5.74, 6) is 0.195. The highest BCUT2D eigenvalue weighted by atomic mass is 32.2. The minimum absolute atomic E-state index is 0. The summed E-state index contributed by atoms with van der Waals surface area (Å²) < 4.78 is 0. The number of allylic oxidation sites excluding steroid dienone is 2. The van der Waals surface area contributed by atoms with Gasteiger partial charge < -0.3 is 10.4 Å². The molecule has 2 aliphatic carbocycles. The quantitative estimate of drug-likeness (QED) is 0.134. The minimum Gasteiger partial charge on any atom is -0.480 e. The van der Waals surface area contributed by atoms with Gasteiger partial charge in [-0.2, -0.15) is 11.8 Å². The molecule has 2 N–H and O–H groups in total. The van der Waals surface area contributed by atoms with Crippen LogP contribution in [0, 0.1) is 12.8 Å². The molecule has 4 rings (SSSR count). The first kappa shape index (κ1) is 36.9. The molecule has 248 valence electrons. The van der Waals surface area contributed by atoms with Crippen LogP contribution in [0.1, 0.15) is 120 Å². The minimum atomic E-state index is -0.991. The summed E-state index contributed by atoms with van der Waals surface area (Å²) in [6, 6.07) is 14.7. The number of thioether (sulfide) groups is 1. The van der Waals surface area contributed by atoms with Crippen LogP contribution in [0.5, 0.6) is 0 Å². The highest BCUT2D eigenvalue weighted by Gasteiger charge is 2.35. The van der Waals surface area contributed by atoms with Crippen molar-refractivity contribution >= 4 is 23.6 Å². The summed E-state index contributed by atoms with van der Waals surface area (Å²) in [6.07, 6.45) is 19.1. The number of aryl methyl sites for hydroxylation is 1. The molecule has 0 bridgehead atoms. The van der Waals surface area contributed by atoms with E-state index in [1.165, 1.54) is 75.3 Å². The first-order valence-corrected chi connectivity index (χ1v) is 18.3. The molecule has 2 saturated carbocycles. The molecule has 0 heterocycles. The fourth-order valence-corrected chi connectivity index (χ4v) is 7.33.